The van der Waals surface area contributed by atoms with Crippen molar-refractivity contribution in [2.75, 3.05) is 4.90 Å². The number of halogens is 1. The molecule has 2 unspecified atom stereocenters. The van der Waals surface area contributed by atoms with Crippen LogP contribution in [0.5, 0.6) is 0 Å². The maximum Gasteiger partial charge on any atom is 0.252 e. The average Bonchev–Trinajstić information content (AvgIpc) is 2.78. The minimum absolute atomic E-state index is 0.0841. The molecule has 26 heavy (non-hydrogen) atoms. The monoisotopic (exact) mass is 434 g/mol. The number of nitrogens with one attached hydrogen (secondary N) is 1. The van der Waals surface area contributed by atoms with Crippen LogP contribution in [0.2, 0.25) is 0 Å². The van der Waals surface area contributed by atoms with E-state index in [2.05, 4.69) is 20.7 Å². The fourth-order valence-electron chi connectivity index (χ4n) is 2.99. The lowest BCUT2D eigenvalue weighted by Crippen LogP contribution is -2.52. The van der Waals surface area contributed by atoms with Crippen LogP contribution in [-0.2, 0) is 27.9 Å². The first-order valence-electron chi connectivity index (χ1n) is 8.48. The lowest BCUT2D eigenvalue weighted by molar-refractivity contribution is -0.123. The van der Waals surface area contributed by atoms with Gasteiger partial charge in [-0.05, 0) is 51.5 Å². The molecule has 0 fully saturated rings. The normalized spacial score (nSPS) is 21.0. The van der Waals surface area contributed by atoms with E-state index in [9.17, 15) is 9.00 Å². The summed E-state index contributed by atoms with van der Waals surface area (Å²) < 4.78 is 16.3. The molecule has 2 aromatic carbocycles. The maximum atomic E-state index is 13.3. The molecule has 1 aliphatic rings. The summed E-state index contributed by atoms with van der Waals surface area (Å²) in [5.41, 5.74) is 1.75. The quantitative estimate of drug-likeness (QED) is 0.780. The highest BCUT2D eigenvalue weighted by Gasteiger charge is 2.49. The van der Waals surface area contributed by atoms with E-state index < -0.39 is 21.3 Å². The first kappa shape index (κ1) is 19.3. The molecule has 1 N–H and O–H groups in total. The molecule has 0 aliphatic carbocycles. The molecule has 0 radical (unpaired) electrons. The number of carbonyl (C=O) groups excluding carboxylic acids is 1. The van der Waals surface area contributed by atoms with Crippen LogP contribution in [-0.4, -0.2) is 14.9 Å². The van der Waals surface area contributed by atoms with Crippen LogP contribution in [0.1, 0.15) is 38.8 Å². The Morgan fingerprint density at radius 2 is 1.73 bits per heavy atom. The van der Waals surface area contributed by atoms with Crippen LogP contribution in [0.25, 0.3) is 0 Å². The summed E-state index contributed by atoms with van der Waals surface area (Å²) in [6.07, 6.45) is 0. The standard InChI is InChI=1S/C20H23BrN2O2S/c1-19(2,3)26(25)22-20(4)16-7-5-6-8-17(16)23(18(20)24)13-14-9-11-15(21)12-10-14/h5-12,22H,13H2,1-4H3. The predicted octanol–water partition coefficient (Wildman–Crippen LogP) is 4.26. The van der Waals surface area contributed by atoms with Crippen molar-refractivity contribution >= 4 is 38.5 Å². The van der Waals surface area contributed by atoms with Crippen molar-refractivity contribution in [1.29, 1.82) is 0 Å². The van der Waals surface area contributed by atoms with Crippen LogP contribution in [0.15, 0.2) is 53.0 Å². The number of anilines is 1. The molecular formula is C20H23BrN2O2S. The summed E-state index contributed by atoms with van der Waals surface area (Å²) in [5.74, 6) is -0.0841. The van der Waals surface area contributed by atoms with Crippen LogP contribution in [0.3, 0.4) is 0 Å². The smallest absolute Gasteiger partial charge is 0.252 e. The van der Waals surface area contributed by atoms with Crippen molar-refractivity contribution in [3.05, 3.63) is 64.1 Å². The van der Waals surface area contributed by atoms with Crippen molar-refractivity contribution in [1.82, 2.24) is 4.72 Å². The first-order chi connectivity index (χ1) is 12.1. The third-order valence-corrected chi connectivity index (χ3v) is 6.75. The molecule has 0 bridgehead atoms. The van der Waals surface area contributed by atoms with Crippen molar-refractivity contribution in [3.8, 4) is 0 Å². The second-order valence-corrected chi connectivity index (χ2v) is 10.5. The van der Waals surface area contributed by atoms with Crippen LogP contribution in [0, 0.1) is 0 Å². The lowest BCUT2D eigenvalue weighted by atomic mass is 9.95. The molecule has 138 valence electrons. The molecule has 3 rings (SSSR count). The predicted molar refractivity (Wildman–Crippen MR) is 110 cm³/mol. The fourth-order valence-corrected chi connectivity index (χ4v) is 4.13. The zero-order valence-electron chi connectivity index (χ0n) is 15.4. The summed E-state index contributed by atoms with van der Waals surface area (Å²) in [4.78, 5) is 15.1. The number of fused-ring (bicyclic) bond motifs is 1. The van der Waals surface area contributed by atoms with Gasteiger partial charge in [0.05, 0.1) is 22.3 Å². The number of hydrogen-bond donors (Lipinski definition) is 1. The molecule has 1 heterocycles. The van der Waals surface area contributed by atoms with Gasteiger partial charge in [0.25, 0.3) is 5.91 Å². The number of nitrogens with zero attached hydrogens (tertiary/aromatic N) is 1. The minimum Gasteiger partial charge on any atom is -0.306 e. The van der Waals surface area contributed by atoms with Crippen molar-refractivity contribution in [2.24, 2.45) is 0 Å². The first-order valence-corrected chi connectivity index (χ1v) is 10.4. The molecule has 4 nitrogen and oxygen atoms in total. The third kappa shape index (κ3) is 3.50. The molecule has 2 aromatic rings. The number of carbonyl (C=O) groups is 1. The summed E-state index contributed by atoms with van der Waals surface area (Å²) in [5, 5.41) is 0. The number of amides is 1. The number of rotatable bonds is 4. The zero-order valence-corrected chi connectivity index (χ0v) is 17.8. The van der Waals surface area contributed by atoms with Gasteiger partial charge in [-0.1, -0.05) is 46.3 Å². The molecule has 0 saturated heterocycles. The van der Waals surface area contributed by atoms with E-state index in [1.54, 1.807) is 4.90 Å². The van der Waals surface area contributed by atoms with E-state index >= 15 is 0 Å². The summed E-state index contributed by atoms with van der Waals surface area (Å²) in [7, 11) is -1.36. The van der Waals surface area contributed by atoms with Gasteiger partial charge < -0.3 is 4.90 Å². The molecule has 1 amide bonds. The molecule has 2 atom stereocenters. The average molecular weight is 435 g/mol. The highest BCUT2D eigenvalue weighted by molar-refractivity contribution is 9.10. The summed E-state index contributed by atoms with van der Waals surface area (Å²) in [6, 6.07) is 15.6. The van der Waals surface area contributed by atoms with E-state index in [0.29, 0.717) is 6.54 Å². The summed E-state index contributed by atoms with van der Waals surface area (Å²) in [6.45, 7) is 7.97. The fraction of sp³-hybridized carbons (Fsp3) is 0.350. The Morgan fingerprint density at radius 3 is 2.35 bits per heavy atom. The minimum atomic E-state index is -1.36. The second kappa shape index (κ2) is 6.91. The molecule has 1 aliphatic heterocycles. The second-order valence-electron chi connectivity index (χ2n) is 7.64. The van der Waals surface area contributed by atoms with Gasteiger partial charge in [0.15, 0.2) is 0 Å². The van der Waals surface area contributed by atoms with Crippen molar-refractivity contribution < 1.29 is 9.00 Å². The van der Waals surface area contributed by atoms with E-state index in [0.717, 1.165) is 21.3 Å². The molecule has 6 heteroatoms. The van der Waals surface area contributed by atoms with Crippen LogP contribution < -0.4 is 9.62 Å². The zero-order chi connectivity index (χ0) is 19.1. The Hall–Kier alpha value is -1.50. The van der Waals surface area contributed by atoms with Gasteiger partial charge in [0.2, 0.25) is 0 Å². The Balaban J connectivity index is 1.97. The largest absolute Gasteiger partial charge is 0.306 e. The van der Waals surface area contributed by atoms with E-state index in [4.69, 9.17) is 0 Å². The van der Waals surface area contributed by atoms with Gasteiger partial charge in [-0.25, -0.2) is 8.93 Å². The van der Waals surface area contributed by atoms with Crippen molar-refractivity contribution in [3.63, 3.8) is 0 Å². The Bertz CT molecular complexity index is 861. The SMILES string of the molecule is CC1(NS(=O)C(C)(C)C)C(=O)N(Cc2ccc(Br)cc2)c2ccccc21. The van der Waals surface area contributed by atoms with E-state index in [1.807, 2.05) is 76.2 Å². The van der Waals surface area contributed by atoms with Crippen molar-refractivity contribution in [2.45, 2.75) is 44.5 Å². The van der Waals surface area contributed by atoms with E-state index in [1.165, 1.54) is 0 Å². The maximum absolute atomic E-state index is 13.3. The topological polar surface area (TPSA) is 49.4 Å². The molecular weight excluding hydrogens is 412 g/mol. The lowest BCUT2D eigenvalue weighted by Gasteiger charge is -2.29. The third-order valence-electron chi connectivity index (χ3n) is 4.51. The van der Waals surface area contributed by atoms with Gasteiger partial charge >= 0.3 is 0 Å². The van der Waals surface area contributed by atoms with Gasteiger partial charge in [-0.2, -0.15) is 0 Å². The van der Waals surface area contributed by atoms with Crippen LogP contribution in [0.4, 0.5) is 5.69 Å². The number of benzene rings is 2. The van der Waals surface area contributed by atoms with Gasteiger partial charge in [-0.3, -0.25) is 4.79 Å². The van der Waals surface area contributed by atoms with Gasteiger partial charge in [-0.15, -0.1) is 0 Å². The molecule has 0 spiro atoms. The number of para-hydroxylation sites is 1. The Morgan fingerprint density at radius 1 is 1.12 bits per heavy atom. The van der Waals surface area contributed by atoms with Crippen LogP contribution >= 0.6 is 15.9 Å². The molecule has 0 saturated carbocycles. The Labute approximate surface area is 165 Å². The molecule has 0 aromatic heterocycles. The van der Waals surface area contributed by atoms with Gasteiger partial charge in [0.1, 0.15) is 5.54 Å². The highest BCUT2D eigenvalue weighted by Crippen LogP contribution is 2.41. The van der Waals surface area contributed by atoms with E-state index in [-0.39, 0.29) is 5.91 Å². The van der Waals surface area contributed by atoms with Gasteiger partial charge in [0, 0.05) is 15.7 Å². The Kier molecular flexibility index (Phi) is 5.12. The summed E-state index contributed by atoms with van der Waals surface area (Å²) >= 11 is 3.44. The number of hydrogen-bond acceptors (Lipinski definition) is 2. The highest BCUT2D eigenvalue weighted by atomic mass is 79.9.